The molecule has 1 saturated heterocycles. The third-order valence-electron chi connectivity index (χ3n) is 3.55. The Morgan fingerprint density at radius 1 is 1.38 bits per heavy atom. The molecule has 1 atom stereocenters. The maximum absolute atomic E-state index is 12.7. The summed E-state index contributed by atoms with van der Waals surface area (Å²) in [5.41, 5.74) is 0.0122. The van der Waals surface area contributed by atoms with E-state index in [0.717, 1.165) is 12.8 Å². The molecule has 0 spiro atoms. The van der Waals surface area contributed by atoms with Crippen LogP contribution in [0.2, 0.25) is 0 Å². The zero-order valence-electron chi connectivity index (χ0n) is 11.2. The number of sulfonamides is 1. The second kappa shape index (κ2) is 6.43. The minimum Gasteiger partial charge on any atom is -0.478 e. The number of rotatable bonds is 4. The number of carboxylic acids is 1. The van der Waals surface area contributed by atoms with E-state index in [2.05, 4.69) is 15.9 Å². The van der Waals surface area contributed by atoms with Crippen molar-refractivity contribution < 1.29 is 23.4 Å². The molecule has 0 aliphatic carbocycles. The van der Waals surface area contributed by atoms with Crippen LogP contribution in [0.15, 0.2) is 27.6 Å². The van der Waals surface area contributed by atoms with Gasteiger partial charge in [0, 0.05) is 17.1 Å². The molecule has 1 unspecified atom stereocenters. The molecule has 1 fully saturated rings. The highest BCUT2D eigenvalue weighted by Crippen LogP contribution is 2.30. The summed E-state index contributed by atoms with van der Waals surface area (Å²) in [5.74, 6) is -1.12. The summed E-state index contributed by atoms with van der Waals surface area (Å²) < 4.78 is 26.9. The summed E-state index contributed by atoms with van der Waals surface area (Å²) >= 11 is 3.13. The zero-order chi connectivity index (χ0) is 15.6. The molecule has 1 aromatic carbocycles. The van der Waals surface area contributed by atoms with Crippen LogP contribution in [-0.4, -0.2) is 48.1 Å². The second-order valence-corrected chi connectivity index (χ2v) is 7.61. The molecule has 2 N–H and O–H groups in total. The fourth-order valence-electron chi connectivity index (χ4n) is 2.44. The van der Waals surface area contributed by atoms with Crippen LogP contribution in [0, 0.1) is 0 Å². The summed E-state index contributed by atoms with van der Waals surface area (Å²) in [6, 6.07) is 3.39. The first-order chi connectivity index (χ1) is 9.87. The standard InChI is InChI=1S/C13H16BrNO5S/c14-11-7-9(13(17)18)4-5-12(11)21(19,20)15-6-2-1-3-10(15)8-16/h4-5,7,10,16H,1-3,6,8H2,(H,17,18). The molecular formula is C13H16BrNO5S. The van der Waals surface area contributed by atoms with E-state index in [0.29, 0.717) is 13.0 Å². The van der Waals surface area contributed by atoms with Crippen molar-refractivity contribution in [3.05, 3.63) is 28.2 Å². The normalized spacial score (nSPS) is 20.4. The number of aliphatic hydroxyl groups is 1. The average Bonchev–Trinajstić information content (AvgIpc) is 2.46. The molecule has 1 heterocycles. The average molecular weight is 378 g/mol. The van der Waals surface area contributed by atoms with Gasteiger partial charge in [0.25, 0.3) is 0 Å². The number of carbonyl (C=O) groups is 1. The van der Waals surface area contributed by atoms with E-state index in [1.807, 2.05) is 0 Å². The van der Waals surface area contributed by atoms with Crippen LogP contribution >= 0.6 is 15.9 Å². The third kappa shape index (κ3) is 3.28. The van der Waals surface area contributed by atoms with Gasteiger partial charge >= 0.3 is 5.97 Å². The molecule has 6 nitrogen and oxygen atoms in total. The molecule has 0 bridgehead atoms. The summed E-state index contributed by atoms with van der Waals surface area (Å²) in [6.07, 6.45) is 2.26. The first kappa shape index (κ1) is 16.4. The SMILES string of the molecule is O=C(O)c1ccc(S(=O)(=O)N2CCCCC2CO)c(Br)c1. The molecule has 0 radical (unpaired) electrons. The summed E-state index contributed by atoms with van der Waals surface area (Å²) in [7, 11) is -3.76. The van der Waals surface area contributed by atoms with Crippen LogP contribution in [0.5, 0.6) is 0 Å². The van der Waals surface area contributed by atoms with Crippen LogP contribution in [0.4, 0.5) is 0 Å². The quantitative estimate of drug-likeness (QED) is 0.832. The number of carboxylic acid groups (broad SMARTS) is 1. The van der Waals surface area contributed by atoms with Gasteiger partial charge in [-0.15, -0.1) is 0 Å². The Morgan fingerprint density at radius 3 is 2.67 bits per heavy atom. The minimum atomic E-state index is -3.76. The van der Waals surface area contributed by atoms with E-state index in [-0.39, 0.29) is 21.5 Å². The van der Waals surface area contributed by atoms with Crippen molar-refractivity contribution >= 4 is 31.9 Å². The third-order valence-corrected chi connectivity index (χ3v) is 6.48. The Bertz CT molecular complexity index is 646. The number of halogens is 1. The van der Waals surface area contributed by atoms with E-state index < -0.39 is 22.0 Å². The number of hydrogen-bond acceptors (Lipinski definition) is 4. The number of piperidine rings is 1. The van der Waals surface area contributed by atoms with Gasteiger partial charge in [-0.25, -0.2) is 13.2 Å². The van der Waals surface area contributed by atoms with Gasteiger partial charge in [-0.2, -0.15) is 4.31 Å². The Balaban J connectivity index is 2.41. The van der Waals surface area contributed by atoms with E-state index in [1.165, 1.54) is 22.5 Å². The summed E-state index contributed by atoms with van der Waals surface area (Å²) in [6.45, 7) is 0.144. The van der Waals surface area contributed by atoms with Crippen LogP contribution < -0.4 is 0 Å². The number of benzene rings is 1. The molecule has 116 valence electrons. The summed E-state index contributed by atoms with van der Waals surface area (Å²) in [4.78, 5) is 10.9. The molecule has 21 heavy (non-hydrogen) atoms. The Morgan fingerprint density at radius 2 is 2.10 bits per heavy atom. The van der Waals surface area contributed by atoms with Crippen molar-refractivity contribution in [3.8, 4) is 0 Å². The van der Waals surface area contributed by atoms with Crippen LogP contribution in [0.3, 0.4) is 0 Å². The van der Waals surface area contributed by atoms with Gasteiger partial charge in [-0.1, -0.05) is 6.42 Å². The van der Waals surface area contributed by atoms with Crippen molar-refractivity contribution in [2.45, 2.75) is 30.2 Å². The molecule has 0 saturated carbocycles. The monoisotopic (exact) mass is 377 g/mol. The van der Waals surface area contributed by atoms with Crippen molar-refractivity contribution in [2.24, 2.45) is 0 Å². The molecule has 0 aromatic heterocycles. The topological polar surface area (TPSA) is 94.9 Å². The van der Waals surface area contributed by atoms with Crippen molar-refractivity contribution in [3.63, 3.8) is 0 Å². The molecule has 1 aliphatic heterocycles. The van der Waals surface area contributed by atoms with Gasteiger partial charge in [0.15, 0.2) is 0 Å². The number of aliphatic hydroxyl groups excluding tert-OH is 1. The first-order valence-corrected chi connectivity index (χ1v) is 8.76. The lowest BCUT2D eigenvalue weighted by molar-refractivity contribution is 0.0696. The van der Waals surface area contributed by atoms with Crippen molar-refractivity contribution in [2.75, 3.05) is 13.2 Å². The van der Waals surface area contributed by atoms with Gasteiger partial charge in [0.2, 0.25) is 10.0 Å². The van der Waals surface area contributed by atoms with Gasteiger partial charge in [-0.3, -0.25) is 0 Å². The lowest BCUT2D eigenvalue weighted by Gasteiger charge is -2.33. The number of nitrogens with zero attached hydrogens (tertiary/aromatic N) is 1. The lowest BCUT2D eigenvalue weighted by atomic mass is 10.1. The first-order valence-electron chi connectivity index (χ1n) is 6.53. The Labute approximate surface area is 131 Å². The second-order valence-electron chi connectivity index (χ2n) is 4.90. The van der Waals surface area contributed by atoms with E-state index in [4.69, 9.17) is 5.11 Å². The predicted molar refractivity (Wildman–Crippen MR) is 79.7 cm³/mol. The summed E-state index contributed by atoms with van der Waals surface area (Å²) in [5, 5.41) is 18.3. The Kier molecular flexibility index (Phi) is 5.03. The highest BCUT2D eigenvalue weighted by molar-refractivity contribution is 9.10. The van der Waals surface area contributed by atoms with Crippen molar-refractivity contribution in [1.29, 1.82) is 0 Å². The maximum atomic E-state index is 12.7. The van der Waals surface area contributed by atoms with Gasteiger partial charge < -0.3 is 10.2 Å². The highest BCUT2D eigenvalue weighted by atomic mass is 79.9. The van der Waals surface area contributed by atoms with Crippen LogP contribution in [0.25, 0.3) is 0 Å². The van der Waals surface area contributed by atoms with Gasteiger partial charge in [0.05, 0.1) is 17.1 Å². The maximum Gasteiger partial charge on any atom is 0.335 e. The zero-order valence-corrected chi connectivity index (χ0v) is 13.6. The van der Waals surface area contributed by atoms with E-state index in [1.54, 1.807) is 0 Å². The molecule has 1 aromatic rings. The molecular weight excluding hydrogens is 362 g/mol. The lowest BCUT2D eigenvalue weighted by Crippen LogP contribution is -2.45. The molecule has 1 aliphatic rings. The van der Waals surface area contributed by atoms with Crippen LogP contribution in [-0.2, 0) is 10.0 Å². The Hall–Kier alpha value is -0.960. The predicted octanol–water partition coefficient (Wildman–Crippen LogP) is 1.68. The van der Waals surface area contributed by atoms with Crippen LogP contribution in [0.1, 0.15) is 29.6 Å². The fourth-order valence-corrected chi connectivity index (χ4v) is 5.17. The molecule has 8 heteroatoms. The van der Waals surface area contributed by atoms with Gasteiger partial charge in [-0.05, 0) is 47.0 Å². The van der Waals surface area contributed by atoms with E-state index >= 15 is 0 Å². The fraction of sp³-hybridized carbons (Fsp3) is 0.462. The van der Waals surface area contributed by atoms with Crippen molar-refractivity contribution in [1.82, 2.24) is 4.31 Å². The highest BCUT2D eigenvalue weighted by Gasteiger charge is 2.34. The minimum absolute atomic E-state index is 0.0122. The number of aromatic carboxylic acids is 1. The number of hydrogen-bond donors (Lipinski definition) is 2. The smallest absolute Gasteiger partial charge is 0.335 e. The van der Waals surface area contributed by atoms with E-state index in [9.17, 15) is 18.3 Å². The largest absolute Gasteiger partial charge is 0.478 e. The molecule has 2 rings (SSSR count). The molecule has 0 amide bonds. The van der Waals surface area contributed by atoms with Gasteiger partial charge in [0.1, 0.15) is 0 Å².